The molecule has 1 heterocycles. The highest BCUT2D eigenvalue weighted by molar-refractivity contribution is 5.99. The van der Waals surface area contributed by atoms with Gasteiger partial charge < -0.3 is 31.6 Å². The molecule has 7 heteroatoms. The monoisotopic (exact) mass is 651 g/mol. The van der Waals surface area contributed by atoms with Crippen molar-refractivity contribution in [3.05, 3.63) is 58.7 Å². The standard InChI is InChI=1S/C35H52F2NO3.BrH/c1-3-4-5-6-7-8-9-11-14-17-33-30-19-21-34(40-2)35(41-25-16-13-10-12-15-24-39)31(30)22-23-38(33)27-28-26-29(36)18-20-32(28)37;/h18-21,26,39H,3-17,22-25,27H2,1-2H3;1H/q+1;/p-1. The lowest BCUT2D eigenvalue weighted by atomic mass is 9.91. The van der Waals surface area contributed by atoms with E-state index >= 15 is 0 Å². The number of methoxy groups -OCH3 is 1. The Labute approximate surface area is 263 Å². The summed E-state index contributed by atoms with van der Waals surface area (Å²) in [7, 11) is 1.68. The van der Waals surface area contributed by atoms with Crippen molar-refractivity contribution in [1.29, 1.82) is 0 Å². The minimum atomic E-state index is -0.406. The Morgan fingerprint density at radius 2 is 1.50 bits per heavy atom. The Morgan fingerprint density at radius 1 is 0.833 bits per heavy atom. The van der Waals surface area contributed by atoms with Crippen LogP contribution in [0.15, 0.2) is 30.3 Å². The number of fused-ring (bicyclic) bond motifs is 1. The van der Waals surface area contributed by atoms with E-state index in [1.165, 1.54) is 75.3 Å². The van der Waals surface area contributed by atoms with Crippen LogP contribution in [-0.4, -0.2) is 42.3 Å². The summed E-state index contributed by atoms with van der Waals surface area (Å²) in [4.78, 5) is 0. The first kappa shape index (κ1) is 36.2. The van der Waals surface area contributed by atoms with Gasteiger partial charge in [0.15, 0.2) is 23.8 Å². The zero-order chi connectivity index (χ0) is 29.3. The van der Waals surface area contributed by atoms with Crippen molar-refractivity contribution in [2.75, 3.05) is 26.9 Å². The zero-order valence-electron chi connectivity index (χ0n) is 25.9. The first-order valence-electron chi connectivity index (χ1n) is 16.1. The summed E-state index contributed by atoms with van der Waals surface area (Å²) < 4.78 is 42.9. The van der Waals surface area contributed by atoms with Gasteiger partial charge in [-0.25, -0.2) is 13.4 Å². The summed E-state index contributed by atoms with van der Waals surface area (Å²) in [6, 6.07) is 7.83. The predicted molar refractivity (Wildman–Crippen MR) is 164 cm³/mol. The molecule has 0 unspecified atom stereocenters. The quantitative estimate of drug-likeness (QED) is 0.138. The third-order valence-corrected chi connectivity index (χ3v) is 8.20. The number of benzene rings is 2. The first-order chi connectivity index (χ1) is 20.1. The van der Waals surface area contributed by atoms with Gasteiger partial charge in [-0.1, -0.05) is 77.6 Å². The number of halogens is 3. The number of aliphatic hydroxyl groups is 1. The van der Waals surface area contributed by atoms with E-state index in [1.807, 2.05) is 6.07 Å². The van der Waals surface area contributed by atoms with Crippen LogP contribution in [0.4, 0.5) is 8.78 Å². The molecule has 42 heavy (non-hydrogen) atoms. The lowest BCUT2D eigenvalue weighted by Crippen LogP contribution is -3.00. The molecule has 1 N–H and O–H groups in total. The molecular formula is C35H52BrF2NO3. The summed E-state index contributed by atoms with van der Waals surface area (Å²) in [5.41, 5.74) is 3.89. The van der Waals surface area contributed by atoms with Gasteiger partial charge in [-0.05, 0) is 49.6 Å². The average Bonchev–Trinajstić information content (AvgIpc) is 2.98. The number of aliphatic hydroxyl groups excluding tert-OH is 1. The molecule has 0 aromatic heterocycles. The number of nitrogens with zero attached hydrogens (tertiary/aromatic N) is 1. The van der Waals surface area contributed by atoms with Crippen molar-refractivity contribution in [2.45, 2.75) is 116 Å². The smallest absolute Gasteiger partial charge is 0.184 e. The van der Waals surface area contributed by atoms with Crippen LogP contribution in [0.3, 0.4) is 0 Å². The van der Waals surface area contributed by atoms with E-state index in [2.05, 4.69) is 17.6 Å². The molecule has 0 fully saturated rings. The molecule has 0 amide bonds. The van der Waals surface area contributed by atoms with Gasteiger partial charge in [0.2, 0.25) is 0 Å². The Hall–Kier alpha value is -1.99. The molecule has 0 bridgehead atoms. The fourth-order valence-electron chi connectivity index (χ4n) is 5.85. The molecule has 2 aromatic rings. The fourth-order valence-corrected chi connectivity index (χ4v) is 5.85. The molecule has 236 valence electrons. The Kier molecular flexibility index (Phi) is 18.0. The average molecular weight is 653 g/mol. The van der Waals surface area contributed by atoms with Crippen molar-refractivity contribution in [3.8, 4) is 11.5 Å². The summed E-state index contributed by atoms with van der Waals surface area (Å²) >= 11 is 0. The van der Waals surface area contributed by atoms with Crippen molar-refractivity contribution in [3.63, 3.8) is 0 Å². The van der Waals surface area contributed by atoms with E-state index < -0.39 is 5.82 Å². The van der Waals surface area contributed by atoms with Crippen LogP contribution in [0.5, 0.6) is 11.5 Å². The summed E-state index contributed by atoms with van der Waals surface area (Å²) in [6.07, 6.45) is 18.0. The number of hydrogen-bond acceptors (Lipinski definition) is 3. The highest BCUT2D eigenvalue weighted by Gasteiger charge is 2.30. The molecule has 1 aliphatic heterocycles. The number of unbranched alkanes of at least 4 members (excludes halogenated alkanes) is 12. The third kappa shape index (κ3) is 11.6. The van der Waals surface area contributed by atoms with Gasteiger partial charge in [-0.3, -0.25) is 0 Å². The second-order valence-corrected chi connectivity index (χ2v) is 11.4. The van der Waals surface area contributed by atoms with E-state index in [0.717, 1.165) is 80.5 Å². The van der Waals surface area contributed by atoms with Crippen LogP contribution < -0.4 is 26.5 Å². The van der Waals surface area contributed by atoms with Gasteiger partial charge in [0.05, 0.1) is 19.3 Å². The highest BCUT2D eigenvalue weighted by Crippen LogP contribution is 2.37. The topological polar surface area (TPSA) is 41.7 Å². The van der Waals surface area contributed by atoms with Gasteiger partial charge in [0, 0.05) is 30.6 Å². The molecule has 4 nitrogen and oxygen atoms in total. The molecule has 0 saturated heterocycles. The molecule has 0 atom stereocenters. The van der Waals surface area contributed by atoms with Crippen LogP contribution in [-0.2, 0) is 13.0 Å². The largest absolute Gasteiger partial charge is 1.00 e. The predicted octanol–water partition coefficient (Wildman–Crippen LogP) is 5.78. The van der Waals surface area contributed by atoms with Crippen LogP contribution >= 0.6 is 0 Å². The molecule has 2 aromatic carbocycles. The summed E-state index contributed by atoms with van der Waals surface area (Å²) in [5.74, 6) is 0.797. The van der Waals surface area contributed by atoms with Crippen LogP contribution in [0, 0.1) is 11.6 Å². The third-order valence-electron chi connectivity index (χ3n) is 8.20. The first-order valence-corrected chi connectivity index (χ1v) is 16.1. The van der Waals surface area contributed by atoms with Gasteiger partial charge >= 0.3 is 0 Å². The van der Waals surface area contributed by atoms with E-state index in [1.54, 1.807) is 7.11 Å². The molecule has 3 rings (SSSR count). The minimum Gasteiger partial charge on any atom is -1.00 e. The Morgan fingerprint density at radius 3 is 2.19 bits per heavy atom. The molecule has 1 aliphatic rings. The van der Waals surface area contributed by atoms with Gasteiger partial charge in [-0.2, -0.15) is 0 Å². The number of ether oxygens (including phenoxy) is 2. The van der Waals surface area contributed by atoms with E-state index in [-0.39, 0.29) is 29.4 Å². The molecule has 0 aliphatic carbocycles. The lowest BCUT2D eigenvalue weighted by molar-refractivity contribution is -0.546. The summed E-state index contributed by atoms with van der Waals surface area (Å²) in [5, 5.41) is 8.99. The van der Waals surface area contributed by atoms with E-state index in [0.29, 0.717) is 18.7 Å². The van der Waals surface area contributed by atoms with Crippen molar-refractivity contribution in [2.24, 2.45) is 0 Å². The maximum absolute atomic E-state index is 14.6. The number of rotatable bonds is 21. The van der Waals surface area contributed by atoms with Crippen LogP contribution in [0.1, 0.15) is 120 Å². The molecular weight excluding hydrogens is 600 g/mol. The van der Waals surface area contributed by atoms with Crippen LogP contribution in [0.25, 0.3) is 0 Å². The second-order valence-electron chi connectivity index (χ2n) is 11.4. The Bertz CT molecular complexity index is 1090. The maximum Gasteiger partial charge on any atom is 0.184 e. The highest BCUT2D eigenvalue weighted by atomic mass is 79.9. The normalized spacial score (nSPS) is 12.7. The number of hydrogen-bond donors (Lipinski definition) is 1. The summed E-state index contributed by atoms with van der Waals surface area (Å²) in [6.45, 7) is 4.20. The van der Waals surface area contributed by atoms with Crippen molar-refractivity contribution < 1.29 is 44.9 Å². The van der Waals surface area contributed by atoms with Gasteiger partial charge in [0.1, 0.15) is 18.2 Å². The van der Waals surface area contributed by atoms with E-state index in [9.17, 15) is 8.78 Å². The molecule has 0 saturated carbocycles. The zero-order valence-corrected chi connectivity index (χ0v) is 27.5. The van der Waals surface area contributed by atoms with Crippen LogP contribution in [0.2, 0.25) is 0 Å². The van der Waals surface area contributed by atoms with Gasteiger partial charge in [0.25, 0.3) is 0 Å². The van der Waals surface area contributed by atoms with Crippen molar-refractivity contribution in [1.82, 2.24) is 0 Å². The molecule has 0 spiro atoms. The minimum absolute atomic E-state index is 0. The molecule has 0 radical (unpaired) electrons. The Balaban J connectivity index is 0.00000616. The van der Waals surface area contributed by atoms with E-state index in [4.69, 9.17) is 14.6 Å². The van der Waals surface area contributed by atoms with Crippen molar-refractivity contribution >= 4 is 5.71 Å². The maximum atomic E-state index is 14.6. The van der Waals surface area contributed by atoms with Gasteiger partial charge in [-0.15, -0.1) is 0 Å². The second kappa shape index (κ2) is 20.8. The lowest BCUT2D eigenvalue weighted by Gasteiger charge is -2.23. The SMILES string of the molecule is CCCCCCCCCCCC1=[N+](Cc2cc(F)ccc2F)CCc2c1ccc(OC)c2OCCCCCCCO.[Br-]. The fraction of sp³-hybridized carbons (Fsp3) is 0.629.